The molecular formula is C18H28BrNO. The normalized spacial score (nSPS) is 10.6. The standard InChI is InChI=1S/C18H28BrNO/c1-3-5-6-7-8-9-12-15-20(4-2)18(21)16-13-10-11-14-17(16)19/h10-11,13-14H,3-9,12,15H2,1-2H3. The first kappa shape index (κ1) is 18.2. The molecule has 0 saturated carbocycles. The number of hydrogen-bond acceptors (Lipinski definition) is 1. The first-order chi connectivity index (χ1) is 10.2. The Morgan fingerprint density at radius 2 is 1.62 bits per heavy atom. The van der Waals surface area contributed by atoms with E-state index in [-0.39, 0.29) is 5.91 Å². The van der Waals surface area contributed by atoms with Crippen LogP contribution in [0.15, 0.2) is 28.7 Å². The zero-order chi connectivity index (χ0) is 15.5. The molecule has 21 heavy (non-hydrogen) atoms. The maximum absolute atomic E-state index is 12.5. The Bertz CT molecular complexity index is 419. The van der Waals surface area contributed by atoms with Crippen LogP contribution in [0.1, 0.15) is 69.2 Å². The van der Waals surface area contributed by atoms with Gasteiger partial charge in [-0.15, -0.1) is 0 Å². The number of nitrogens with zero attached hydrogens (tertiary/aromatic N) is 1. The summed E-state index contributed by atoms with van der Waals surface area (Å²) in [7, 11) is 0. The van der Waals surface area contributed by atoms with E-state index in [1.54, 1.807) is 0 Å². The van der Waals surface area contributed by atoms with Crippen LogP contribution < -0.4 is 0 Å². The maximum Gasteiger partial charge on any atom is 0.254 e. The number of rotatable bonds is 10. The van der Waals surface area contributed by atoms with Crippen molar-refractivity contribution < 1.29 is 4.79 Å². The predicted molar refractivity (Wildman–Crippen MR) is 93.7 cm³/mol. The van der Waals surface area contributed by atoms with Crippen LogP contribution >= 0.6 is 15.9 Å². The van der Waals surface area contributed by atoms with Crippen LogP contribution in [-0.2, 0) is 0 Å². The lowest BCUT2D eigenvalue weighted by atomic mass is 10.1. The van der Waals surface area contributed by atoms with Crippen molar-refractivity contribution in [3.63, 3.8) is 0 Å². The Morgan fingerprint density at radius 3 is 2.24 bits per heavy atom. The van der Waals surface area contributed by atoms with Crippen LogP contribution in [0.3, 0.4) is 0 Å². The van der Waals surface area contributed by atoms with Crippen molar-refractivity contribution in [3.8, 4) is 0 Å². The molecule has 0 spiro atoms. The molecule has 0 saturated heterocycles. The molecule has 0 bridgehead atoms. The van der Waals surface area contributed by atoms with Crippen LogP contribution in [0.5, 0.6) is 0 Å². The Morgan fingerprint density at radius 1 is 1.00 bits per heavy atom. The summed E-state index contributed by atoms with van der Waals surface area (Å²) in [6.07, 6.45) is 8.95. The number of amides is 1. The number of halogens is 1. The summed E-state index contributed by atoms with van der Waals surface area (Å²) < 4.78 is 0.882. The van der Waals surface area contributed by atoms with Gasteiger partial charge in [-0.25, -0.2) is 0 Å². The van der Waals surface area contributed by atoms with Crippen LogP contribution in [-0.4, -0.2) is 23.9 Å². The highest BCUT2D eigenvalue weighted by atomic mass is 79.9. The summed E-state index contributed by atoms with van der Waals surface area (Å²) in [4.78, 5) is 14.4. The Kier molecular flexibility index (Phi) is 9.40. The van der Waals surface area contributed by atoms with Crippen molar-refractivity contribution in [3.05, 3.63) is 34.3 Å². The minimum absolute atomic E-state index is 0.135. The van der Waals surface area contributed by atoms with E-state index >= 15 is 0 Å². The third-order valence-corrected chi connectivity index (χ3v) is 4.50. The Balaban J connectivity index is 2.34. The fourth-order valence-electron chi connectivity index (χ4n) is 2.47. The highest BCUT2D eigenvalue weighted by Crippen LogP contribution is 2.18. The minimum Gasteiger partial charge on any atom is -0.339 e. The van der Waals surface area contributed by atoms with E-state index in [0.29, 0.717) is 0 Å². The molecule has 0 atom stereocenters. The second kappa shape index (κ2) is 10.8. The zero-order valence-corrected chi connectivity index (χ0v) is 15.0. The van der Waals surface area contributed by atoms with Crippen molar-refractivity contribution in [2.75, 3.05) is 13.1 Å². The van der Waals surface area contributed by atoms with E-state index in [0.717, 1.165) is 29.5 Å². The van der Waals surface area contributed by atoms with Gasteiger partial charge in [0.05, 0.1) is 5.56 Å². The highest BCUT2D eigenvalue weighted by Gasteiger charge is 2.15. The molecule has 1 aromatic rings. The molecular weight excluding hydrogens is 326 g/mol. The topological polar surface area (TPSA) is 20.3 Å². The third kappa shape index (κ3) is 6.64. The molecule has 0 unspecified atom stereocenters. The van der Waals surface area contributed by atoms with E-state index in [1.807, 2.05) is 29.2 Å². The van der Waals surface area contributed by atoms with Crippen molar-refractivity contribution in [1.29, 1.82) is 0 Å². The molecule has 2 nitrogen and oxygen atoms in total. The summed E-state index contributed by atoms with van der Waals surface area (Å²) >= 11 is 3.46. The van der Waals surface area contributed by atoms with E-state index in [4.69, 9.17) is 0 Å². The number of benzene rings is 1. The minimum atomic E-state index is 0.135. The quantitative estimate of drug-likeness (QED) is 0.496. The Hall–Kier alpha value is -0.830. The summed E-state index contributed by atoms with van der Waals surface area (Å²) in [6.45, 7) is 5.93. The SMILES string of the molecule is CCCCCCCCCN(CC)C(=O)c1ccccc1Br. The molecule has 118 valence electrons. The zero-order valence-electron chi connectivity index (χ0n) is 13.4. The molecule has 0 aliphatic carbocycles. The number of hydrogen-bond donors (Lipinski definition) is 0. The number of carbonyl (C=O) groups is 1. The molecule has 0 radical (unpaired) electrons. The van der Waals surface area contributed by atoms with Crippen molar-refractivity contribution in [2.24, 2.45) is 0 Å². The lowest BCUT2D eigenvalue weighted by molar-refractivity contribution is 0.0760. The monoisotopic (exact) mass is 353 g/mol. The van der Waals surface area contributed by atoms with Crippen LogP contribution in [0.4, 0.5) is 0 Å². The van der Waals surface area contributed by atoms with Crippen molar-refractivity contribution in [1.82, 2.24) is 4.90 Å². The Labute approximate surface area is 138 Å². The van der Waals surface area contributed by atoms with Crippen molar-refractivity contribution in [2.45, 2.75) is 58.8 Å². The average Bonchev–Trinajstić information content (AvgIpc) is 2.50. The molecule has 0 aromatic heterocycles. The highest BCUT2D eigenvalue weighted by molar-refractivity contribution is 9.10. The van der Waals surface area contributed by atoms with Crippen LogP contribution in [0.25, 0.3) is 0 Å². The van der Waals surface area contributed by atoms with Gasteiger partial charge in [-0.2, -0.15) is 0 Å². The van der Waals surface area contributed by atoms with Gasteiger partial charge in [0, 0.05) is 17.6 Å². The second-order valence-corrected chi connectivity index (χ2v) is 6.34. The maximum atomic E-state index is 12.5. The van der Waals surface area contributed by atoms with Crippen molar-refractivity contribution >= 4 is 21.8 Å². The van der Waals surface area contributed by atoms with E-state index in [1.165, 1.54) is 38.5 Å². The first-order valence-electron chi connectivity index (χ1n) is 8.24. The molecule has 0 aliphatic rings. The van der Waals surface area contributed by atoms with Gasteiger partial charge in [-0.05, 0) is 41.4 Å². The lowest BCUT2D eigenvalue weighted by Crippen LogP contribution is -2.32. The lowest BCUT2D eigenvalue weighted by Gasteiger charge is -2.21. The molecule has 0 fully saturated rings. The van der Waals surface area contributed by atoms with Crippen LogP contribution in [0, 0.1) is 0 Å². The number of carbonyl (C=O) groups excluding carboxylic acids is 1. The van der Waals surface area contributed by atoms with Gasteiger partial charge in [-0.1, -0.05) is 57.6 Å². The van der Waals surface area contributed by atoms with Gasteiger partial charge in [-0.3, -0.25) is 4.79 Å². The van der Waals surface area contributed by atoms with E-state index < -0.39 is 0 Å². The molecule has 3 heteroatoms. The molecule has 1 rings (SSSR count). The van der Waals surface area contributed by atoms with Gasteiger partial charge in [0.15, 0.2) is 0 Å². The van der Waals surface area contributed by atoms with Gasteiger partial charge in [0.2, 0.25) is 0 Å². The molecule has 0 N–H and O–H groups in total. The van der Waals surface area contributed by atoms with Gasteiger partial charge in [0.25, 0.3) is 5.91 Å². The molecule has 1 amide bonds. The summed E-state index contributed by atoms with van der Waals surface area (Å²) in [5.74, 6) is 0.135. The molecule has 1 aromatic carbocycles. The predicted octanol–water partition coefficient (Wildman–Crippen LogP) is 5.66. The number of unbranched alkanes of at least 4 members (excludes halogenated alkanes) is 6. The third-order valence-electron chi connectivity index (χ3n) is 3.80. The fraction of sp³-hybridized carbons (Fsp3) is 0.611. The smallest absolute Gasteiger partial charge is 0.254 e. The molecule has 0 aliphatic heterocycles. The second-order valence-electron chi connectivity index (χ2n) is 5.49. The fourth-order valence-corrected chi connectivity index (χ4v) is 2.92. The largest absolute Gasteiger partial charge is 0.339 e. The average molecular weight is 354 g/mol. The first-order valence-corrected chi connectivity index (χ1v) is 9.03. The van der Waals surface area contributed by atoms with E-state index in [9.17, 15) is 4.79 Å². The van der Waals surface area contributed by atoms with Gasteiger partial charge >= 0.3 is 0 Å². The molecule has 0 heterocycles. The van der Waals surface area contributed by atoms with Gasteiger partial charge in [0.1, 0.15) is 0 Å². The van der Waals surface area contributed by atoms with Crippen LogP contribution in [0.2, 0.25) is 0 Å². The summed E-state index contributed by atoms with van der Waals surface area (Å²) in [6, 6.07) is 7.67. The van der Waals surface area contributed by atoms with Gasteiger partial charge < -0.3 is 4.90 Å². The van der Waals surface area contributed by atoms with E-state index in [2.05, 4.69) is 29.8 Å². The summed E-state index contributed by atoms with van der Waals surface area (Å²) in [5.41, 5.74) is 0.766. The summed E-state index contributed by atoms with van der Waals surface area (Å²) in [5, 5.41) is 0.